The Labute approximate surface area is 169 Å². The summed E-state index contributed by atoms with van der Waals surface area (Å²) in [6, 6.07) is 8.24. The molecular formula is C22H25FN2O2S. The van der Waals surface area contributed by atoms with E-state index in [9.17, 15) is 14.0 Å². The molecule has 1 aromatic carbocycles. The number of halogens is 1. The van der Waals surface area contributed by atoms with Gasteiger partial charge >= 0.3 is 0 Å². The van der Waals surface area contributed by atoms with Crippen molar-refractivity contribution in [2.45, 2.75) is 38.6 Å². The van der Waals surface area contributed by atoms with Gasteiger partial charge in [0.1, 0.15) is 5.82 Å². The zero-order valence-corrected chi connectivity index (χ0v) is 16.9. The van der Waals surface area contributed by atoms with E-state index in [1.54, 1.807) is 28.4 Å². The summed E-state index contributed by atoms with van der Waals surface area (Å²) in [6.45, 7) is 3.38. The molecule has 1 saturated carbocycles. The van der Waals surface area contributed by atoms with Gasteiger partial charge in [-0.25, -0.2) is 4.39 Å². The molecule has 1 aromatic heterocycles. The Morgan fingerprint density at radius 3 is 2.64 bits per heavy atom. The minimum atomic E-state index is -0.285. The Morgan fingerprint density at radius 1 is 1.21 bits per heavy atom. The van der Waals surface area contributed by atoms with Gasteiger partial charge in [-0.3, -0.25) is 9.59 Å². The molecule has 0 bridgehead atoms. The quantitative estimate of drug-likeness (QED) is 0.735. The molecule has 28 heavy (non-hydrogen) atoms. The molecule has 1 fully saturated rings. The van der Waals surface area contributed by atoms with Gasteiger partial charge in [-0.05, 0) is 60.4 Å². The maximum Gasteiger partial charge on any atom is 0.242 e. The highest BCUT2D eigenvalue weighted by Gasteiger charge is 2.37. The van der Waals surface area contributed by atoms with Crippen LogP contribution in [0, 0.1) is 11.7 Å². The zero-order valence-electron chi connectivity index (χ0n) is 16.1. The number of rotatable bonds is 6. The summed E-state index contributed by atoms with van der Waals surface area (Å²) in [5, 5.41) is 2.05. The lowest BCUT2D eigenvalue weighted by atomic mass is 9.93. The fraction of sp³-hybridized carbons (Fsp3) is 0.455. The number of hydrogen-bond acceptors (Lipinski definition) is 3. The second kappa shape index (κ2) is 8.03. The van der Waals surface area contributed by atoms with Crippen molar-refractivity contribution in [2.24, 2.45) is 5.92 Å². The first-order chi connectivity index (χ1) is 13.6. The molecular weight excluding hydrogens is 375 g/mol. The molecule has 0 spiro atoms. The third kappa shape index (κ3) is 3.83. The first-order valence-electron chi connectivity index (χ1n) is 9.98. The van der Waals surface area contributed by atoms with Crippen LogP contribution in [0.3, 0.4) is 0 Å². The van der Waals surface area contributed by atoms with Gasteiger partial charge in [0.05, 0.1) is 12.6 Å². The molecule has 0 N–H and O–H groups in total. The molecule has 0 radical (unpaired) electrons. The Hall–Kier alpha value is -2.21. The van der Waals surface area contributed by atoms with Crippen molar-refractivity contribution >= 4 is 23.2 Å². The molecule has 1 aliphatic carbocycles. The molecule has 0 unspecified atom stereocenters. The van der Waals surface area contributed by atoms with E-state index in [2.05, 4.69) is 11.4 Å². The maximum absolute atomic E-state index is 13.5. The van der Waals surface area contributed by atoms with E-state index in [1.807, 2.05) is 11.8 Å². The van der Waals surface area contributed by atoms with Crippen LogP contribution in [0.5, 0.6) is 0 Å². The molecule has 4 rings (SSSR count). The van der Waals surface area contributed by atoms with Crippen molar-refractivity contribution in [1.29, 1.82) is 0 Å². The summed E-state index contributed by atoms with van der Waals surface area (Å²) < 4.78 is 13.5. The fourth-order valence-electron chi connectivity index (χ4n) is 3.97. The molecule has 4 nitrogen and oxygen atoms in total. The molecule has 1 atom stereocenters. The summed E-state index contributed by atoms with van der Waals surface area (Å²) in [5.41, 5.74) is 2.02. The van der Waals surface area contributed by atoms with Crippen LogP contribution in [-0.2, 0) is 16.0 Å². The number of fused-ring (bicyclic) bond motifs is 1. The molecule has 6 heteroatoms. The summed E-state index contributed by atoms with van der Waals surface area (Å²) in [6.07, 6.45) is 3.53. The lowest BCUT2D eigenvalue weighted by Gasteiger charge is -2.37. The third-order valence-electron chi connectivity index (χ3n) is 5.53. The highest BCUT2D eigenvalue weighted by molar-refractivity contribution is 7.10. The van der Waals surface area contributed by atoms with Gasteiger partial charge in [-0.15, -0.1) is 11.3 Å². The summed E-state index contributed by atoms with van der Waals surface area (Å²) >= 11 is 1.70. The number of carbonyl (C=O) groups is 2. The minimum absolute atomic E-state index is 0.0337. The van der Waals surface area contributed by atoms with E-state index in [1.165, 1.54) is 17.0 Å². The van der Waals surface area contributed by atoms with E-state index in [0.717, 1.165) is 36.8 Å². The molecule has 1 aliphatic heterocycles. The topological polar surface area (TPSA) is 40.6 Å². The Bertz CT molecular complexity index is 860. The van der Waals surface area contributed by atoms with Crippen molar-refractivity contribution in [1.82, 2.24) is 9.80 Å². The van der Waals surface area contributed by atoms with Crippen LogP contribution < -0.4 is 0 Å². The fourth-order valence-corrected chi connectivity index (χ4v) is 4.87. The number of benzene rings is 1. The van der Waals surface area contributed by atoms with Gasteiger partial charge in [0.25, 0.3) is 0 Å². The van der Waals surface area contributed by atoms with E-state index in [-0.39, 0.29) is 36.1 Å². The second-order valence-electron chi connectivity index (χ2n) is 7.62. The van der Waals surface area contributed by atoms with Gasteiger partial charge < -0.3 is 9.80 Å². The molecule has 2 aliphatic rings. The Balaban J connectivity index is 1.60. The monoisotopic (exact) mass is 400 g/mol. The van der Waals surface area contributed by atoms with E-state index < -0.39 is 0 Å². The molecule has 2 aromatic rings. The van der Waals surface area contributed by atoms with E-state index >= 15 is 0 Å². The molecule has 148 valence electrons. The largest absolute Gasteiger partial charge is 0.333 e. The highest BCUT2D eigenvalue weighted by atomic mass is 32.1. The van der Waals surface area contributed by atoms with Gasteiger partial charge in [-0.1, -0.05) is 19.1 Å². The van der Waals surface area contributed by atoms with Crippen molar-refractivity contribution in [2.75, 3.05) is 19.6 Å². The average Bonchev–Trinajstić information content (AvgIpc) is 3.44. The van der Waals surface area contributed by atoms with Gasteiger partial charge in [0.2, 0.25) is 11.8 Å². The normalized spacial score (nSPS) is 18.6. The average molecular weight is 401 g/mol. The SMILES string of the molecule is CCCN(CC(=O)N1CCc2sccc2[C@H]1c1ccc(F)cc1)C(=O)C1CC1. The smallest absolute Gasteiger partial charge is 0.242 e. The van der Waals surface area contributed by atoms with E-state index in [4.69, 9.17) is 0 Å². The van der Waals surface area contributed by atoms with Crippen LogP contribution in [0.1, 0.15) is 48.2 Å². The van der Waals surface area contributed by atoms with Gasteiger partial charge in [0.15, 0.2) is 0 Å². The van der Waals surface area contributed by atoms with Crippen molar-refractivity contribution in [3.8, 4) is 0 Å². The van der Waals surface area contributed by atoms with Crippen molar-refractivity contribution in [3.63, 3.8) is 0 Å². The summed E-state index contributed by atoms with van der Waals surface area (Å²) in [4.78, 5) is 30.7. The first-order valence-corrected chi connectivity index (χ1v) is 10.9. The number of amides is 2. The number of hydrogen-bond donors (Lipinski definition) is 0. The summed E-state index contributed by atoms with van der Waals surface area (Å²) in [5.74, 6) is -0.0976. The van der Waals surface area contributed by atoms with E-state index in [0.29, 0.717) is 13.1 Å². The first kappa shape index (κ1) is 19.1. The number of thiophene rings is 1. The van der Waals surface area contributed by atoms with Crippen LogP contribution >= 0.6 is 11.3 Å². The minimum Gasteiger partial charge on any atom is -0.333 e. The highest BCUT2D eigenvalue weighted by Crippen LogP contribution is 2.38. The van der Waals surface area contributed by atoms with Gasteiger partial charge in [-0.2, -0.15) is 0 Å². The lowest BCUT2D eigenvalue weighted by molar-refractivity contribution is -0.142. The molecule has 2 heterocycles. The van der Waals surface area contributed by atoms with Crippen LogP contribution in [0.15, 0.2) is 35.7 Å². The standard InChI is InChI=1S/C22H25FN2O2S/c1-2-11-24(22(27)16-3-4-16)14-20(26)25-12-9-19-18(10-13-28-19)21(25)15-5-7-17(23)8-6-15/h5-8,10,13,16,21H,2-4,9,11-12,14H2,1H3/t21-/m1/s1. The predicted octanol–water partition coefficient (Wildman–Crippen LogP) is 4.01. The van der Waals surface area contributed by atoms with Crippen LogP contribution in [0.4, 0.5) is 4.39 Å². The molecule has 2 amide bonds. The predicted molar refractivity (Wildman–Crippen MR) is 108 cm³/mol. The Kier molecular flexibility index (Phi) is 5.49. The Morgan fingerprint density at radius 2 is 1.96 bits per heavy atom. The van der Waals surface area contributed by atoms with Crippen LogP contribution in [0.25, 0.3) is 0 Å². The third-order valence-corrected chi connectivity index (χ3v) is 6.53. The van der Waals surface area contributed by atoms with Crippen molar-refractivity contribution < 1.29 is 14.0 Å². The van der Waals surface area contributed by atoms with Gasteiger partial charge in [0, 0.05) is 23.9 Å². The number of nitrogens with zero attached hydrogens (tertiary/aromatic N) is 2. The number of carbonyl (C=O) groups excluding carboxylic acids is 2. The lowest BCUT2D eigenvalue weighted by Crippen LogP contribution is -2.47. The maximum atomic E-state index is 13.5. The van der Waals surface area contributed by atoms with Crippen LogP contribution in [0.2, 0.25) is 0 Å². The van der Waals surface area contributed by atoms with Crippen molar-refractivity contribution in [3.05, 3.63) is 57.5 Å². The summed E-state index contributed by atoms with van der Waals surface area (Å²) in [7, 11) is 0. The second-order valence-corrected chi connectivity index (χ2v) is 8.63. The van der Waals surface area contributed by atoms with Crippen LogP contribution in [-0.4, -0.2) is 41.2 Å². The molecule has 0 saturated heterocycles. The zero-order chi connectivity index (χ0) is 19.7.